The molecule has 140 valence electrons. The summed E-state index contributed by atoms with van der Waals surface area (Å²) in [5.74, 6) is 0. The molecule has 1 saturated carbocycles. The molecule has 26 heavy (non-hydrogen) atoms. The second-order valence-corrected chi connectivity index (χ2v) is 8.37. The number of nitriles is 1. The maximum Gasteiger partial charge on any atom is 0.344 e. The van der Waals surface area contributed by atoms with Crippen molar-refractivity contribution in [3.63, 3.8) is 0 Å². The van der Waals surface area contributed by atoms with Gasteiger partial charge in [0.2, 0.25) is 0 Å². The van der Waals surface area contributed by atoms with Crippen LogP contribution in [0.25, 0.3) is 0 Å². The van der Waals surface area contributed by atoms with E-state index >= 15 is 0 Å². The molecule has 1 aromatic carbocycles. The molecule has 1 spiro atoms. The second kappa shape index (κ2) is 6.57. The first kappa shape index (κ1) is 18.7. The minimum atomic E-state index is -0.629. The number of carbonyl (C=O) groups is 1. The van der Waals surface area contributed by atoms with E-state index in [4.69, 9.17) is 0 Å². The Morgan fingerprint density at radius 2 is 1.85 bits per heavy atom. The van der Waals surface area contributed by atoms with Crippen molar-refractivity contribution in [3.8, 4) is 6.07 Å². The fourth-order valence-corrected chi connectivity index (χ4v) is 4.42. The van der Waals surface area contributed by atoms with Crippen molar-refractivity contribution in [2.45, 2.75) is 50.6 Å². The molecule has 3 rings (SSSR count). The van der Waals surface area contributed by atoms with E-state index in [1.807, 2.05) is 39.1 Å². The van der Waals surface area contributed by atoms with Crippen molar-refractivity contribution >= 4 is 6.03 Å². The number of rotatable bonds is 4. The van der Waals surface area contributed by atoms with Gasteiger partial charge in [0.05, 0.1) is 17.0 Å². The predicted molar refractivity (Wildman–Crippen MR) is 98.4 cm³/mol. The highest BCUT2D eigenvalue weighted by Crippen LogP contribution is 2.46. The zero-order valence-corrected chi connectivity index (χ0v) is 15.8. The number of carbonyl (C=O) groups excluding carboxylic acids is 1. The van der Waals surface area contributed by atoms with Crippen molar-refractivity contribution in [1.29, 1.82) is 5.26 Å². The summed E-state index contributed by atoms with van der Waals surface area (Å²) in [4.78, 5) is 14.2. The Kier molecular flexibility index (Phi) is 4.72. The van der Waals surface area contributed by atoms with E-state index in [2.05, 4.69) is 23.5 Å². The number of hydrogen-bond acceptors (Lipinski definition) is 4. The van der Waals surface area contributed by atoms with Crippen LogP contribution in [0.15, 0.2) is 30.3 Å². The van der Waals surface area contributed by atoms with Crippen molar-refractivity contribution in [1.82, 2.24) is 15.3 Å². The highest BCUT2D eigenvalue weighted by atomic mass is 16.5. The quantitative estimate of drug-likeness (QED) is 0.813. The van der Waals surface area contributed by atoms with E-state index in [9.17, 15) is 15.3 Å². The first-order chi connectivity index (χ1) is 12.3. The van der Waals surface area contributed by atoms with E-state index < -0.39 is 11.0 Å². The predicted octanol–water partition coefficient (Wildman–Crippen LogP) is 3.09. The van der Waals surface area contributed by atoms with Crippen molar-refractivity contribution < 1.29 is 10.0 Å². The summed E-state index contributed by atoms with van der Waals surface area (Å²) in [6, 6.07) is 12.2. The molecule has 2 amide bonds. The van der Waals surface area contributed by atoms with Gasteiger partial charge in [-0.1, -0.05) is 30.3 Å². The first-order valence-electron chi connectivity index (χ1n) is 9.21. The van der Waals surface area contributed by atoms with Crippen LogP contribution in [0.4, 0.5) is 4.79 Å². The summed E-state index contributed by atoms with van der Waals surface area (Å²) in [6.07, 6.45) is 3.11. The van der Waals surface area contributed by atoms with Gasteiger partial charge in [-0.15, -0.1) is 0 Å². The van der Waals surface area contributed by atoms with Crippen LogP contribution in [0, 0.1) is 16.7 Å². The number of hydrogen-bond donors (Lipinski definition) is 2. The first-order valence-corrected chi connectivity index (χ1v) is 9.21. The normalized spacial score (nSPS) is 29.3. The van der Waals surface area contributed by atoms with E-state index in [1.54, 1.807) is 4.90 Å². The van der Waals surface area contributed by atoms with Gasteiger partial charge in [-0.3, -0.25) is 5.21 Å². The van der Waals surface area contributed by atoms with Crippen molar-refractivity contribution in [2.75, 3.05) is 20.1 Å². The van der Waals surface area contributed by atoms with E-state index in [0.717, 1.165) is 17.9 Å². The number of nitrogens with zero attached hydrogens (tertiary/aromatic N) is 3. The lowest BCUT2D eigenvalue weighted by molar-refractivity contribution is -0.123. The highest BCUT2D eigenvalue weighted by molar-refractivity contribution is 5.77. The van der Waals surface area contributed by atoms with Gasteiger partial charge in [0.1, 0.15) is 0 Å². The van der Waals surface area contributed by atoms with Crippen molar-refractivity contribution in [3.05, 3.63) is 35.9 Å². The molecule has 0 aromatic heterocycles. The van der Waals surface area contributed by atoms with Gasteiger partial charge < -0.3 is 10.2 Å². The Morgan fingerprint density at radius 1 is 1.23 bits per heavy atom. The Bertz CT molecular complexity index is 702. The molecule has 1 aromatic rings. The molecule has 1 aliphatic carbocycles. The SMILES string of the molecule is CNC1(c2ccccc2)CCC2(CC1)CN(CC(C)(C)C#N)C(=O)N2O. The number of hydroxylamine groups is 2. The molecule has 2 fully saturated rings. The van der Waals surface area contributed by atoms with Gasteiger partial charge in [0.15, 0.2) is 0 Å². The van der Waals surface area contributed by atoms with Crippen LogP contribution in [-0.2, 0) is 5.54 Å². The zero-order chi connectivity index (χ0) is 19.0. The smallest absolute Gasteiger partial charge is 0.319 e. The van der Waals surface area contributed by atoms with Gasteiger partial charge in [-0.05, 0) is 52.1 Å². The van der Waals surface area contributed by atoms with Crippen LogP contribution in [0.2, 0.25) is 0 Å². The second-order valence-electron chi connectivity index (χ2n) is 8.37. The molecular formula is C20H28N4O2. The Morgan fingerprint density at radius 3 is 2.38 bits per heavy atom. The molecule has 1 heterocycles. The van der Waals surface area contributed by atoms with E-state index in [0.29, 0.717) is 25.9 Å². The molecule has 6 heteroatoms. The Hall–Kier alpha value is -2.10. The molecule has 6 nitrogen and oxygen atoms in total. The fourth-order valence-electron chi connectivity index (χ4n) is 4.42. The topological polar surface area (TPSA) is 79.6 Å². The summed E-state index contributed by atoms with van der Waals surface area (Å²) in [6.45, 7) is 4.43. The number of amides is 2. The van der Waals surface area contributed by atoms with E-state index in [-0.39, 0.29) is 11.6 Å². The van der Waals surface area contributed by atoms with Crippen LogP contribution < -0.4 is 5.32 Å². The summed E-state index contributed by atoms with van der Waals surface area (Å²) in [5, 5.41) is 24.2. The minimum absolute atomic E-state index is 0.129. The zero-order valence-electron chi connectivity index (χ0n) is 15.8. The maximum atomic E-state index is 12.6. The standard InChI is InChI=1S/C20H28N4O2/c1-18(2,13-21)14-23-15-19(24(26)17(23)25)9-11-20(22-3,12-10-19)16-7-5-4-6-8-16/h4-8,22,26H,9-12,14-15H2,1-3H3. The third-order valence-electron chi connectivity index (χ3n) is 6.11. The average molecular weight is 356 g/mol. The number of urea groups is 1. The van der Waals surface area contributed by atoms with Gasteiger partial charge in [-0.25, -0.2) is 4.79 Å². The molecule has 0 bridgehead atoms. The number of benzene rings is 1. The Balaban J connectivity index is 1.78. The summed E-state index contributed by atoms with van der Waals surface area (Å²) < 4.78 is 0. The Labute approximate surface area is 155 Å². The molecule has 0 atom stereocenters. The molecule has 1 saturated heterocycles. The van der Waals surface area contributed by atoms with Gasteiger partial charge >= 0.3 is 6.03 Å². The van der Waals surface area contributed by atoms with Crippen LogP contribution in [0.5, 0.6) is 0 Å². The minimum Gasteiger partial charge on any atom is -0.319 e. The van der Waals surface area contributed by atoms with Crippen LogP contribution in [0.1, 0.15) is 45.1 Å². The third kappa shape index (κ3) is 3.06. The van der Waals surface area contributed by atoms with Crippen LogP contribution in [0.3, 0.4) is 0 Å². The lowest BCUT2D eigenvalue weighted by atomic mass is 9.69. The molecule has 2 aliphatic rings. The lowest BCUT2D eigenvalue weighted by Crippen LogP contribution is -2.54. The van der Waals surface area contributed by atoms with Gasteiger partial charge in [-0.2, -0.15) is 10.3 Å². The number of nitrogens with one attached hydrogen (secondary N) is 1. The summed E-state index contributed by atoms with van der Waals surface area (Å²) in [7, 11) is 1.98. The molecule has 1 aliphatic heterocycles. The molecule has 2 N–H and O–H groups in total. The van der Waals surface area contributed by atoms with Gasteiger partial charge in [0.25, 0.3) is 0 Å². The third-order valence-corrected chi connectivity index (χ3v) is 6.11. The molecule has 0 unspecified atom stereocenters. The van der Waals surface area contributed by atoms with Crippen LogP contribution >= 0.6 is 0 Å². The monoisotopic (exact) mass is 356 g/mol. The van der Waals surface area contributed by atoms with E-state index in [1.165, 1.54) is 5.56 Å². The summed E-state index contributed by atoms with van der Waals surface area (Å²) >= 11 is 0. The largest absolute Gasteiger partial charge is 0.344 e. The lowest BCUT2D eigenvalue weighted by Gasteiger charge is -2.46. The average Bonchev–Trinajstić information content (AvgIpc) is 2.88. The van der Waals surface area contributed by atoms with Gasteiger partial charge in [0, 0.05) is 18.6 Å². The fraction of sp³-hybridized carbons (Fsp3) is 0.600. The van der Waals surface area contributed by atoms with Crippen molar-refractivity contribution in [2.24, 2.45) is 5.41 Å². The highest BCUT2D eigenvalue weighted by Gasteiger charge is 2.54. The molecular weight excluding hydrogens is 328 g/mol. The maximum absolute atomic E-state index is 12.6. The summed E-state index contributed by atoms with van der Waals surface area (Å²) in [5.41, 5.74) is -0.0724. The van der Waals surface area contributed by atoms with Crippen LogP contribution in [-0.4, -0.2) is 46.9 Å². The molecule has 0 radical (unpaired) electrons.